The lowest BCUT2D eigenvalue weighted by atomic mass is 9.96. The highest BCUT2D eigenvalue weighted by Crippen LogP contribution is 2.34. The minimum absolute atomic E-state index is 0.583. The van der Waals surface area contributed by atoms with E-state index in [0.717, 1.165) is 28.5 Å². The molecule has 0 aliphatic rings. The maximum absolute atomic E-state index is 11.0. The first-order chi connectivity index (χ1) is 9.74. The molecule has 3 heteroatoms. The first kappa shape index (κ1) is 13.7. The number of hydrogen-bond donors (Lipinski definition) is 0. The molecule has 1 aromatic heterocycles. The number of ether oxygens (including phenoxy) is 1. The summed E-state index contributed by atoms with van der Waals surface area (Å²) in [5.41, 5.74) is 4.05. The van der Waals surface area contributed by atoms with Crippen molar-refractivity contribution in [3.05, 3.63) is 60.4 Å². The summed E-state index contributed by atoms with van der Waals surface area (Å²) in [6.45, 7) is 7.61. The van der Waals surface area contributed by atoms with Crippen molar-refractivity contribution in [3.8, 4) is 16.9 Å². The van der Waals surface area contributed by atoms with E-state index in [0.29, 0.717) is 11.3 Å². The third kappa shape index (κ3) is 2.38. The molecule has 2 rings (SSSR count). The van der Waals surface area contributed by atoms with Gasteiger partial charge in [-0.15, -0.1) is 0 Å². The van der Waals surface area contributed by atoms with Gasteiger partial charge in [-0.05, 0) is 23.8 Å². The van der Waals surface area contributed by atoms with E-state index in [9.17, 15) is 4.79 Å². The minimum Gasteiger partial charge on any atom is -0.496 e. The molecular formula is C17H15NO2. The van der Waals surface area contributed by atoms with Crippen molar-refractivity contribution in [3.63, 3.8) is 0 Å². The second kappa shape index (κ2) is 5.97. The molecule has 0 aliphatic carbocycles. The molecule has 0 spiro atoms. The molecule has 0 amide bonds. The zero-order chi connectivity index (χ0) is 14.5. The number of methoxy groups -OCH3 is 1. The third-order valence-corrected chi connectivity index (χ3v) is 3.09. The fraction of sp³-hybridized carbons (Fsp3) is 0.0588. The molecular weight excluding hydrogens is 250 g/mol. The third-order valence-electron chi connectivity index (χ3n) is 3.09. The van der Waals surface area contributed by atoms with Gasteiger partial charge in [0.25, 0.3) is 0 Å². The Morgan fingerprint density at radius 3 is 2.55 bits per heavy atom. The average molecular weight is 265 g/mol. The normalized spacial score (nSPS) is 9.85. The number of benzene rings is 1. The van der Waals surface area contributed by atoms with Crippen molar-refractivity contribution < 1.29 is 9.53 Å². The van der Waals surface area contributed by atoms with E-state index in [1.807, 2.05) is 0 Å². The smallest absolute Gasteiger partial charge is 0.150 e. The van der Waals surface area contributed by atoms with Crippen molar-refractivity contribution >= 4 is 18.4 Å². The molecule has 3 nitrogen and oxygen atoms in total. The number of rotatable bonds is 5. The molecule has 0 saturated carbocycles. The van der Waals surface area contributed by atoms with Gasteiger partial charge in [0.2, 0.25) is 0 Å². The standard InChI is InChI=1S/C17H15NO2/c1-4-13-9-18-10-16(14(13)5-2)15-8-12(11-19)6-7-17(15)20-3/h4-11H,1-2H2,3H3. The first-order valence-corrected chi connectivity index (χ1v) is 6.11. The molecule has 0 bridgehead atoms. The van der Waals surface area contributed by atoms with Gasteiger partial charge in [0.15, 0.2) is 0 Å². The number of pyridine rings is 1. The van der Waals surface area contributed by atoms with Gasteiger partial charge in [0.1, 0.15) is 12.0 Å². The van der Waals surface area contributed by atoms with Gasteiger partial charge in [-0.2, -0.15) is 0 Å². The van der Waals surface area contributed by atoms with Gasteiger partial charge in [-0.25, -0.2) is 0 Å². The summed E-state index contributed by atoms with van der Waals surface area (Å²) in [7, 11) is 1.60. The van der Waals surface area contributed by atoms with Crippen LogP contribution in [0.3, 0.4) is 0 Å². The highest BCUT2D eigenvalue weighted by atomic mass is 16.5. The van der Waals surface area contributed by atoms with Crippen LogP contribution in [0.4, 0.5) is 0 Å². The van der Waals surface area contributed by atoms with Gasteiger partial charge in [0, 0.05) is 34.6 Å². The Morgan fingerprint density at radius 1 is 1.15 bits per heavy atom. The maximum atomic E-state index is 11.0. The van der Waals surface area contributed by atoms with Crippen LogP contribution in [0.15, 0.2) is 43.8 Å². The molecule has 2 aromatic rings. The Bertz CT molecular complexity index is 675. The molecule has 20 heavy (non-hydrogen) atoms. The Hall–Kier alpha value is -2.68. The fourth-order valence-electron chi connectivity index (χ4n) is 2.10. The summed E-state index contributed by atoms with van der Waals surface area (Å²) in [6, 6.07) is 5.27. The van der Waals surface area contributed by atoms with Crippen LogP contribution in [0, 0.1) is 0 Å². The summed E-state index contributed by atoms with van der Waals surface area (Å²) in [6.07, 6.45) is 7.74. The van der Waals surface area contributed by atoms with Crippen molar-refractivity contribution in [1.29, 1.82) is 0 Å². The number of aromatic nitrogens is 1. The highest BCUT2D eigenvalue weighted by Gasteiger charge is 2.12. The summed E-state index contributed by atoms with van der Waals surface area (Å²) >= 11 is 0. The van der Waals surface area contributed by atoms with E-state index in [1.54, 1.807) is 49.9 Å². The zero-order valence-corrected chi connectivity index (χ0v) is 11.3. The lowest BCUT2D eigenvalue weighted by Crippen LogP contribution is -1.94. The molecule has 100 valence electrons. The highest BCUT2D eigenvalue weighted by molar-refractivity contribution is 5.86. The Morgan fingerprint density at radius 2 is 1.95 bits per heavy atom. The lowest BCUT2D eigenvalue weighted by molar-refractivity contribution is 0.112. The van der Waals surface area contributed by atoms with Crippen LogP contribution in [-0.4, -0.2) is 18.4 Å². The van der Waals surface area contributed by atoms with Gasteiger partial charge in [-0.1, -0.05) is 25.3 Å². The Labute approximate surface area is 118 Å². The molecule has 0 unspecified atom stereocenters. The monoisotopic (exact) mass is 265 g/mol. The molecule has 0 saturated heterocycles. The van der Waals surface area contributed by atoms with Crippen LogP contribution < -0.4 is 4.74 Å². The van der Waals surface area contributed by atoms with Crippen molar-refractivity contribution in [2.24, 2.45) is 0 Å². The van der Waals surface area contributed by atoms with E-state index in [4.69, 9.17) is 4.74 Å². The van der Waals surface area contributed by atoms with Crippen molar-refractivity contribution in [2.45, 2.75) is 0 Å². The zero-order valence-electron chi connectivity index (χ0n) is 11.3. The average Bonchev–Trinajstić information content (AvgIpc) is 2.53. The summed E-state index contributed by atoms with van der Waals surface area (Å²) in [4.78, 5) is 15.2. The lowest BCUT2D eigenvalue weighted by Gasteiger charge is -2.13. The van der Waals surface area contributed by atoms with Crippen LogP contribution in [0.1, 0.15) is 21.5 Å². The number of nitrogens with zero attached hydrogens (tertiary/aromatic N) is 1. The first-order valence-electron chi connectivity index (χ1n) is 6.11. The topological polar surface area (TPSA) is 39.2 Å². The van der Waals surface area contributed by atoms with Gasteiger partial charge < -0.3 is 4.74 Å². The summed E-state index contributed by atoms with van der Waals surface area (Å²) in [5, 5.41) is 0. The maximum Gasteiger partial charge on any atom is 0.150 e. The van der Waals surface area contributed by atoms with E-state index in [-0.39, 0.29) is 0 Å². The Balaban J connectivity index is 2.76. The minimum atomic E-state index is 0.583. The second-order valence-electron chi connectivity index (χ2n) is 4.18. The predicted octanol–water partition coefficient (Wildman–Crippen LogP) is 3.86. The van der Waals surface area contributed by atoms with E-state index >= 15 is 0 Å². The van der Waals surface area contributed by atoms with Crippen LogP contribution in [0.25, 0.3) is 23.3 Å². The number of carbonyl (C=O) groups is 1. The fourth-order valence-corrected chi connectivity index (χ4v) is 2.10. The van der Waals surface area contributed by atoms with Gasteiger partial charge in [0.05, 0.1) is 7.11 Å². The largest absolute Gasteiger partial charge is 0.496 e. The van der Waals surface area contributed by atoms with Crippen molar-refractivity contribution in [1.82, 2.24) is 4.98 Å². The van der Waals surface area contributed by atoms with Gasteiger partial charge in [-0.3, -0.25) is 9.78 Å². The van der Waals surface area contributed by atoms with E-state index in [2.05, 4.69) is 18.1 Å². The Kier molecular flexibility index (Phi) is 4.11. The molecule has 1 heterocycles. The molecule has 0 N–H and O–H groups in total. The molecule has 0 fully saturated rings. The molecule has 0 atom stereocenters. The SMILES string of the molecule is C=Cc1cncc(-c2cc(C=O)ccc2OC)c1C=C. The van der Waals surface area contributed by atoms with Crippen LogP contribution >= 0.6 is 0 Å². The molecule has 1 aromatic carbocycles. The number of carbonyl (C=O) groups excluding carboxylic acids is 1. The predicted molar refractivity (Wildman–Crippen MR) is 81.8 cm³/mol. The molecule has 0 aliphatic heterocycles. The summed E-state index contributed by atoms with van der Waals surface area (Å²) in [5.74, 6) is 0.682. The number of aldehydes is 1. The van der Waals surface area contributed by atoms with Crippen LogP contribution in [-0.2, 0) is 0 Å². The van der Waals surface area contributed by atoms with Crippen molar-refractivity contribution in [2.75, 3.05) is 7.11 Å². The van der Waals surface area contributed by atoms with E-state index in [1.165, 1.54) is 0 Å². The molecule has 0 radical (unpaired) electrons. The van der Waals surface area contributed by atoms with Crippen LogP contribution in [0.2, 0.25) is 0 Å². The van der Waals surface area contributed by atoms with Crippen LogP contribution in [0.5, 0.6) is 5.75 Å². The quantitative estimate of drug-likeness (QED) is 0.771. The van der Waals surface area contributed by atoms with E-state index < -0.39 is 0 Å². The van der Waals surface area contributed by atoms with Gasteiger partial charge >= 0.3 is 0 Å². The summed E-state index contributed by atoms with van der Waals surface area (Å²) < 4.78 is 5.37. The number of hydrogen-bond acceptors (Lipinski definition) is 3. The second-order valence-corrected chi connectivity index (χ2v) is 4.18.